The van der Waals surface area contributed by atoms with E-state index in [0.717, 1.165) is 25.0 Å². The summed E-state index contributed by atoms with van der Waals surface area (Å²) in [6.07, 6.45) is 5.54. The number of aliphatic hydroxyl groups is 1. The molecule has 1 aliphatic heterocycles. The maximum absolute atomic E-state index is 9.46. The van der Waals surface area contributed by atoms with Crippen LogP contribution in [0.5, 0.6) is 0 Å². The van der Waals surface area contributed by atoms with E-state index in [1.807, 2.05) is 0 Å². The number of nitrogens with zero attached hydrogens (tertiary/aromatic N) is 2. The fourth-order valence-corrected chi connectivity index (χ4v) is 3.35. The predicted molar refractivity (Wildman–Crippen MR) is 66.5 cm³/mol. The Morgan fingerprint density at radius 1 is 1.12 bits per heavy atom. The molecule has 0 radical (unpaired) electrons. The minimum Gasteiger partial charge on any atom is -0.395 e. The number of hydrogen-bond acceptors (Lipinski definition) is 3. The van der Waals surface area contributed by atoms with E-state index in [1.165, 1.54) is 32.2 Å². The van der Waals surface area contributed by atoms with Crippen LogP contribution in [0.15, 0.2) is 0 Å². The largest absolute Gasteiger partial charge is 0.395 e. The van der Waals surface area contributed by atoms with Crippen molar-refractivity contribution >= 4 is 0 Å². The summed E-state index contributed by atoms with van der Waals surface area (Å²) in [4.78, 5) is 4.97. The van der Waals surface area contributed by atoms with Crippen molar-refractivity contribution in [3.8, 4) is 0 Å². The van der Waals surface area contributed by atoms with Crippen LogP contribution >= 0.6 is 0 Å². The van der Waals surface area contributed by atoms with Gasteiger partial charge in [0.25, 0.3) is 0 Å². The van der Waals surface area contributed by atoms with E-state index in [9.17, 15) is 5.11 Å². The topological polar surface area (TPSA) is 26.7 Å². The molecule has 0 bridgehead atoms. The summed E-state index contributed by atoms with van der Waals surface area (Å²) < 4.78 is 0. The first-order chi connectivity index (χ1) is 7.70. The smallest absolute Gasteiger partial charge is 0.0599 e. The monoisotopic (exact) mass is 226 g/mol. The van der Waals surface area contributed by atoms with Crippen LogP contribution in [0.4, 0.5) is 0 Å². The lowest BCUT2D eigenvalue weighted by Gasteiger charge is -2.31. The van der Waals surface area contributed by atoms with Gasteiger partial charge >= 0.3 is 0 Å². The number of rotatable bonds is 2. The molecular formula is C13H26N2O. The van der Waals surface area contributed by atoms with Gasteiger partial charge in [0.15, 0.2) is 0 Å². The number of hydrogen-bond donors (Lipinski definition) is 1. The van der Waals surface area contributed by atoms with E-state index in [2.05, 4.69) is 23.8 Å². The third-order valence-electron chi connectivity index (χ3n) is 4.27. The Balaban J connectivity index is 2.00. The quantitative estimate of drug-likeness (QED) is 0.766. The minimum atomic E-state index is 0.298. The van der Waals surface area contributed by atoms with Gasteiger partial charge in [-0.3, -0.25) is 9.80 Å². The molecular weight excluding hydrogens is 200 g/mol. The van der Waals surface area contributed by atoms with Gasteiger partial charge in [-0.2, -0.15) is 0 Å². The normalized spacial score (nSPS) is 35.4. The van der Waals surface area contributed by atoms with Gasteiger partial charge in [-0.15, -0.1) is 0 Å². The molecule has 2 atom stereocenters. The summed E-state index contributed by atoms with van der Waals surface area (Å²) in [6.45, 7) is 6.02. The summed E-state index contributed by atoms with van der Waals surface area (Å²) in [7, 11) is 2.15. The summed E-state index contributed by atoms with van der Waals surface area (Å²) in [6, 6.07) is 1.13. The summed E-state index contributed by atoms with van der Waals surface area (Å²) in [5, 5.41) is 9.46. The zero-order chi connectivity index (χ0) is 11.5. The van der Waals surface area contributed by atoms with Crippen LogP contribution < -0.4 is 0 Å². The molecule has 0 spiro atoms. The molecule has 0 aromatic rings. The second-order valence-corrected chi connectivity index (χ2v) is 5.77. The third-order valence-corrected chi connectivity index (χ3v) is 4.27. The first kappa shape index (κ1) is 12.3. The van der Waals surface area contributed by atoms with Gasteiger partial charge in [0.05, 0.1) is 6.61 Å². The second kappa shape index (κ2) is 5.48. The fourth-order valence-electron chi connectivity index (χ4n) is 3.35. The average molecular weight is 226 g/mol. The molecule has 2 unspecified atom stereocenters. The number of likely N-dealkylation sites (N-methyl/N-ethyl adjacent to an activating group) is 1. The van der Waals surface area contributed by atoms with E-state index in [-0.39, 0.29) is 0 Å². The lowest BCUT2D eigenvalue weighted by Crippen LogP contribution is -2.44. The molecule has 2 rings (SSSR count). The van der Waals surface area contributed by atoms with E-state index < -0.39 is 0 Å². The molecule has 1 heterocycles. The molecule has 0 aromatic carbocycles. The van der Waals surface area contributed by atoms with Crippen LogP contribution in [0, 0.1) is 5.92 Å². The van der Waals surface area contributed by atoms with Gasteiger partial charge in [0, 0.05) is 31.7 Å². The van der Waals surface area contributed by atoms with E-state index in [4.69, 9.17) is 0 Å². The summed E-state index contributed by atoms with van der Waals surface area (Å²) in [5.41, 5.74) is 0. The highest BCUT2D eigenvalue weighted by molar-refractivity contribution is 4.86. The van der Waals surface area contributed by atoms with Gasteiger partial charge < -0.3 is 5.11 Å². The highest BCUT2D eigenvalue weighted by atomic mass is 16.3. The molecule has 1 N–H and O–H groups in total. The van der Waals surface area contributed by atoms with Crippen molar-refractivity contribution < 1.29 is 5.11 Å². The van der Waals surface area contributed by atoms with Crippen molar-refractivity contribution in [3.63, 3.8) is 0 Å². The Hall–Kier alpha value is -0.120. The van der Waals surface area contributed by atoms with Crippen molar-refractivity contribution in [1.29, 1.82) is 0 Å². The molecule has 94 valence electrons. The molecule has 1 saturated carbocycles. The van der Waals surface area contributed by atoms with Gasteiger partial charge in [-0.25, -0.2) is 0 Å². The van der Waals surface area contributed by atoms with Crippen LogP contribution in [0.25, 0.3) is 0 Å². The van der Waals surface area contributed by atoms with Crippen LogP contribution in [0.3, 0.4) is 0 Å². The van der Waals surface area contributed by atoms with Crippen molar-refractivity contribution in [1.82, 2.24) is 9.80 Å². The molecule has 2 aliphatic rings. The lowest BCUT2D eigenvalue weighted by atomic mass is 10.1. The zero-order valence-corrected chi connectivity index (χ0v) is 10.7. The van der Waals surface area contributed by atoms with Crippen molar-refractivity contribution in [2.75, 3.05) is 33.3 Å². The number of aliphatic hydroxyl groups excluding tert-OH is 1. The van der Waals surface area contributed by atoms with Gasteiger partial charge in [0.2, 0.25) is 0 Å². The Labute approximate surface area is 99.4 Å². The van der Waals surface area contributed by atoms with Crippen molar-refractivity contribution in [3.05, 3.63) is 0 Å². The Morgan fingerprint density at radius 2 is 1.81 bits per heavy atom. The van der Waals surface area contributed by atoms with Crippen LogP contribution in [-0.4, -0.2) is 60.3 Å². The predicted octanol–water partition coefficient (Wildman–Crippen LogP) is 1.17. The van der Waals surface area contributed by atoms with Crippen molar-refractivity contribution in [2.45, 2.75) is 44.7 Å². The molecule has 2 fully saturated rings. The first-order valence-electron chi connectivity index (χ1n) is 6.76. The zero-order valence-electron chi connectivity index (χ0n) is 10.7. The van der Waals surface area contributed by atoms with Gasteiger partial charge in [0.1, 0.15) is 0 Å². The van der Waals surface area contributed by atoms with Crippen LogP contribution in [-0.2, 0) is 0 Å². The molecule has 0 aromatic heterocycles. The van der Waals surface area contributed by atoms with Crippen molar-refractivity contribution in [2.24, 2.45) is 5.92 Å². The second-order valence-electron chi connectivity index (χ2n) is 5.77. The van der Waals surface area contributed by atoms with Gasteiger partial charge in [-0.1, -0.05) is 19.8 Å². The Morgan fingerprint density at radius 3 is 2.44 bits per heavy atom. The van der Waals surface area contributed by atoms with Gasteiger partial charge in [-0.05, 0) is 25.8 Å². The SMILES string of the molecule is CC1CN(C)C(CO)CN(C2CCCC2)C1. The molecule has 0 amide bonds. The Bertz CT molecular complexity index is 216. The fraction of sp³-hybridized carbons (Fsp3) is 1.00. The molecule has 1 aliphatic carbocycles. The first-order valence-corrected chi connectivity index (χ1v) is 6.76. The standard InChI is InChI=1S/C13H26N2O/c1-11-7-14(2)13(10-16)9-15(8-11)12-5-3-4-6-12/h11-13,16H,3-10H2,1-2H3. The maximum atomic E-state index is 9.46. The molecule has 1 saturated heterocycles. The van der Waals surface area contributed by atoms with E-state index in [0.29, 0.717) is 12.6 Å². The highest BCUT2D eigenvalue weighted by Crippen LogP contribution is 2.26. The average Bonchev–Trinajstić information content (AvgIpc) is 2.72. The van der Waals surface area contributed by atoms with Crippen LogP contribution in [0.1, 0.15) is 32.6 Å². The summed E-state index contributed by atoms with van der Waals surface area (Å²) in [5.74, 6) is 0.724. The lowest BCUT2D eigenvalue weighted by molar-refractivity contribution is 0.115. The highest BCUT2D eigenvalue weighted by Gasteiger charge is 2.30. The van der Waals surface area contributed by atoms with E-state index in [1.54, 1.807) is 0 Å². The Kier molecular flexibility index (Phi) is 4.22. The maximum Gasteiger partial charge on any atom is 0.0599 e. The molecule has 16 heavy (non-hydrogen) atoms. The molecule has 3 heteroatoms. The van der Waals surface area contributed by atoms with E-state index >= 15 is 0 Å². The molecule has 3 nitrogen and oxygen atoms in total. The minimum absolute atomic E-state index is 0.298. The summed E-state index contributed by atoms with van der Waals surface area (Å²) >= 11 is 0. The van der Waals surface area contributed by atoms with Crippen LogP contribution in [0.2, 0.25) is 0 Å². The third kappa shape index (κ3) is 2.76.